The van der Waals surface area contributed by atoms with Crippen LogP contribution in [0.4, 0.5) is 5.82 Å². The van der Waals surface area contributed by atoms with Gasteiger partial charge in [-0.2, -0.15) is 0 Å². The van der Waals surface area contributed by atoms with E-state index in [2.05, 4.69) is 32.8 Å². The Bertz CT molecular complexity index is 328. The van der Waals surface area contributed by atoms with Gasteiger partial charge in [0.2, 0.25) is 0 Å². The van der Waals surface area contributed by atoms with Crippen LogP contribution in [0.1, 0.15) is 0 Å². The molecule has 0 aromatic carbocycles. The van der Waals surface area contributed by atoms with Gasteiger partial charge < -0.3 is 5.32 Å². The monoisotopic (exact) mass is 280 g/mol. The molecule has 1 heterocycles. The molecule has 2 nitrogen and oxygen atoms in total. The van der Waals surface area contributed by atoms with Crippen molar-refractivity contribution in [2.75, 3.05) is 11.9 Å². The Morgan fingerprint density at radius 3 is 2.92 bits per heavy atom. The van der Waals surface area contributed by atoms with E-state index >= 15 is 0 Å². The summed E-state index contributed by atoms with van der Waals surface area (Å²) in [5, 5.41) is 4.11. The number of nitrogens with zero attached hydrogens (tertiary/aromatic N) is 1. The van der Waals surface area contributed by atoms with Crippen molar-refractivity contribution < 1.29 is 0 Å². The minimum absolute atomic E-state index is 0.481. The molecule has 0 saturated carbocycles. The standard InChI is InChI=1S/C8H7BrCl2N2/c1-5(10)3-12-8-7(9)2-6(11)4-13-8/h2,4H,1,3H2,(H,12,13). The van der Waals surface area contributed by atoms with Crippen LogP contribution in [0.25, 0.3) is 0 Å². The summed E-state index contributed by atoms with van der Waals surface area (Å²) in [6.45, 7) is 4.03. The first-order valence-electron chi connectivity index (χ1n) is 3.48. The van der Waals surface area contributed by atoms with E-state index in [1.807, 2.05) is 0 Å². The molecule has 0 spiro atoms. The lowest BCUT2D eigenvalue weighted by atomic mass is 10.4. The molecule has 70 valence electrons. The first kappa shape index (κ1) is 10.8. The molecule has 0 bridgehead atoms. The van der Waals surface area contributed by atoms with Crippen LogP contribution < -0.4 is 5.32 Å². The fourth-order valence-electron chi connectivity index (χ4n) is 0.724. The van der Waals surface area contributed by atoms with Gasteiger partial charge in [0.25, 0.3) is 0 Å². The third kappa shape index (κ3) is 3.55. The summed E-state index contributed by atoms with van der Waals surface area (Å²) in [4.78, 5) is 4.06. The molecular weight excluding hydrogens is 275 g/mol. The molecular formula is C8H7BrCl2N2. The van der Waals surface area contributed by atoms with Gasteiger partial charge in [0, 0.05) is 11.2 Å². The van der Waals surface area contributed by atoms with Crippen LogP contribution in [0.3, 0.4) is 0 Å². The SMILES string of the molecule is C=C(Cl)CNc1ncc(Cl)cc1Br. The van der Waals surface area contributed by atoms with Crippen molar-refractivity contribution in [1.29, 1.82) is 0 Å². The third-order valence-corrected chi connectivity index (χ3v) is 2.20. The highest BCUT2D eigenvalue weighted by molar-refractivity contribution is 9.10. The lowest BCUT2D eigenvalue weighted by Crippen LogP contribution is -2.03. The quantitative estimate of drug-likeness (QED) is 0.915. The summed E-state index contributed by atoms with van der Waals surface area (Å²) < 4.78 is 0.804. The van der Waals surface area contributed by atoms with Gasteiger partial charge in [-0.25, -0.2) is 4.98 Å². The summed E-state index contributed by atoms with van der Waals surface area (Å²) in [5.41, 5.74) is 0. The second kappa shape index (κ2) is 4.84. The van der Waals surface area contributed by atoms with Crippen molar-refractivity contribution in [3.63, 3.8) is 0 Å². The lowest BCUT2D eigenvalue weighted by Gasteiger charge is -2.05. The molecule has 0 aliphatic heterocycles. The van der Waals surface area contributed by atoms with Crippen molar-refractivity contribution in [2.24, 2.45) is 0 Å². The zero-order valence-electron chi connectivity index (χ0n) is 6.65. The van der Waals surface area contributed by atoms with Gasteiger partial charge >= 0.3 is 0 Å². The van der Waals surface area contributed by atoms with Crippen LogP contribution >= 0.6 is 39.1 Å². The number of pyridine rings is 1. The van der Waals surface area contributed by atoms with Crippen molar-refractivity contribution in [3.8, 4) is 0 Å². The van der Waals surface area contributed by atoms with Crippen molar-refractivity contribution in [2.45, 2.75) is 0 Å². The molecule has 1 N–H and O–H groups in total. The van der Waals surface area contributed by atoms with E-state index in [1.165, 1.54) is 0 Å². The van der Waals surface area contributed by atoms with E-state index in [1.54, 1.807) is 12.3 Å². The maximum Gasteiger partial charge on any atom is 0.140 e. The minimum atomic E-state index is 0.481. The van der Waals surface area contributed by atoms with Crippen LogP contribution in [-0.4, -0.2) is 11.5 Å². The Morgan fingerprint density at radius 2 is 2.38 bits per heavy atom. The number of hydrogen-bond donors (Lipinski definition) is 1. The second-order valence-corrected chi connectivity index (χ2v) is 4.18. The summed E-state index contributed by atoms with van der Waals surface area (Å²) >= 11 is 14.6. The van der Waals surface area contributed by atoms with Gasteiger partial charge in [0.05, 0.1) is 16.0 Å². The van der Waals surface area contributed by atoms with Crippen molar-refractivity contribution in [1.82, 2.24) is 4.98 Å². The smallest absolute Gasteiger partial charge is 0.140 e. The van der Waals surface area contributed by atoms with Crippen LogP contribution in [0, 0.1) is 0 Å². The van der Waals surface area contributed by atoms with Gasteiger partial charge in [-0.1, -0.05) is 29.8 Å². The number of rotatable bonds is 3. The molecule has 0 radical (unpaired) electrons. The highest BCUT2D eigenvalue weighted by Crippen LogP contribution is 2.23. The van der Waals surface area contributed by atoms with Gasteiger partial charge in [0.15, 0.2) is 0 Å². The van der Waals surface area contributed by atoms with Crippen LogP contribution in [0.5, 0.6) is 0 Å². The number of halogens is 3. The average molecular weight is 282 g/mol. The highest BCUT2D eigenvalue weighted by Gasteiger charge is 2.01. The maximum atomic E-state index is 5.72. The first-order valence-corrected chi connectivity index (χ1v) is 5.02. The molecule has 1 aromatic rings. The number of nitrogens with one attached hydrogen (secondary N) is 1. The normalized spacial score (nSPS) is 9.77. The highest BCUT2D eigenvalue weighted by atomic mass is 79.9. The van der Waals surface area contributed by atoms with Gasteiger partial charge in [-0.05, 0) is 22.0 Å². The van der Waals surface area contributed by atoms with Crippen LogP contribution in [0.15, 0.2) is 28.3 Å². The van der Waals surface area contributed by atoms with E-state index in [4.69, 9.17) is 23.2 Å². The molecule has 0 amide bonds. The van der Waals surface area contributed by atoms with Crippen molar-refractivity contribution >= 4 is 44.9 Å². The molecule has 1 rings (SSSR count). The van der Waals surface area contributed by atoms with Crippen LogP contribution in [-0.2, 0) is 0 Å². The third-order valence-electron chi connectivity index (χ3n) is 1.26. The number of aromatic nitrogens is 1. The molecule has 0 unspecified atom stereocenters. The molecule has 0 fully saturated rings. The fourth-order valence-corrected chi connectivity index (χ4v) is 1.57. The summed E-state index contributed by atoms with van der Waals surface area (Å²) in [7, 11) is 0. The predicted octanol–water partition coefficient (Wildman–Crippen LogP) is 3.66. The average Bonchev–Trinajstić information content (AvgIpc) is 2.02. The maximum absolute atomic E-state index is 5.72. The summed E-state index contributed by atoms with van der Waals surface area (Å²) in [5.74, 6) is 0.700. The second-order valence-electron chi connectivity index (χ2n) is 2.35. The predicted molar refractivity (Wildman–Crippen MR) is 60.4 cm³/mol. The van der Waals surface area contributed by atoms with E-state index in [0.29, 0.717) is 22.4 Å². The Morgan fingerprint density at radius 1 is 1.69 bits per heavy atom. The minimum Gasteiger partial charge on any atom is -0.364 e. The van der Waals surface area contributed by atoms with Gasteiger partial charge in [-0.3, -0.25) is 0 Å². The molecule has 0 saturated heterocycles. The first-order chi connectivity index (χ1) is 6.09. The van der Waals surface area contributed by atoms with Gasteiger partial charge in [0.1, 0.15) is 5.82 Å². The zero-order valence-corrected chi connectivity index (χ0v) is 9.75. The van der Waals surface area contributed by atoms with Crippen molar-refractivity contribution in [3.05, 3.63) is 33.4 Å². The fraction of sp³-hybridized carbons (Fsp3) is 0.125. The molecule has 5 heteroatoms. The Hall–Kier alpha value is -0.250. The van der Waals surface area contributed by atoms with E-state index < -0.39 is 0 Å². The lowest BCUT2D eigenvalue weighted by molar-refractivity contribution is 1.21. The molecule has 0 aliphatic carbocycles. The van der Waals surface area contributed by atoms with E-state index in [-0.39, 0.29) is 0 Å². The summed E-state index contributed by atoms with van der Waals surface area (Å²) in [6.07, 6.45) is 1.56. The molecule has 0 atom stereocenters. The summed E-state index contributed by atoms with van der Waals surface area (Å²) in [6, 6.07) is 1.76. The van der Waals surface area contributed by atoms with E-state index in [9.17, 15) is 0 Å². The Labute approximate surface area is 95.1 Å². The number of anilines is 1. The Kier molecular flexibility index (Phi) is 4.03. The largest absolute Gasteiger partial charge is 0.364 e. The molecule has 13 heavy (non-hydrogen) atoms. The Balaban J connectivity index is 2.72. The zero-order chi connectivity index (χ0) is 9.84. The molecule has 1 aromatic heterocycles. The van der Waals surface area contributed by atoms with E-state index in [0.717, 1.165) is 4.47 Å². The number of hydrogen-bond acceptors (Lipinski definition) is 2. The molecule has 0 aliphatic rings. The van der Waals surface area contributed by atoms with Gasteiger partial charge in [-0.15, -0.1) is 0 Å². The van der Waals surface area contributed by atoms with Crippen LogP contribution in [0.2, 0.25) is 5.02 Å². The topological polar surface area (TPSA) is 24.9 Å².